The number of benzene rings is 1. The van der Waals surface area contributed by atoms with Gasteiger partial charge in [-0.2, -0.15) is 0 Å². The Balaban J connectivity index is 2.45. The van der Waals surface area contributed by atoms with Crippen molar-refractivity contribution in [2.45, 2.75) is 13.8 Å². The van der Waals surface area contributed by atoms with E-state index >= 15 is 0 Å². The maximum atomic E-state index is 5.60. The number of hydrogen-bond acceptors (Lipinski definition) is 1. The molecule has 0 spiro atoms. The minimum atomic E-state index is 0.670. The van der Waals surface area contributed by atoms with Crippen LogP contribution in [0.1, 0.15) is 19.4 Å². The molecular weight excluding hydrogens is 210 g/mol. The molecule has 0 aliphatic rings. The summed E-state index contributed by atoms with van der Waals surface area (Å²) in [6.45, 7) is 8.66. The highest BCUT2D eigenvalue weighted by atomic mass is 16.5. The van der Waals surface area contributed by atoms with Gasteiger partial charge in [0.15, 0.2) is 0 Å². The number of allylic oxidation sites excluding steroid dienone is 1. The van der Waals surface area contributed by atoms with Crippen LogP contribution in [0.3, 0.4) is 0 Å². The van der Waals surface area contributed by atoms with Gasteiger partial charge in [0.25, 0.3) is 0 Å². The van der Waals surface area contributed by atoms with Crippen molar-refractivity contribution in [3.8, 4) is 11.4 Å². The molecule has 0 bridgehead atoms. The largest absolute Gasteiger partial charge is 0.493 e. The fourth-order valence-electron chi connectivity index (χ4n) is 1.80. The minimum Gasteiger partial charge on any atom is -0.493 e. The van der Waals surface area contributed by atoms with Crippen molar-refractivity contribution in [2.24, 2.45) is 0 Å². The second kappa shape index (κ2) is 4.91. The summed E-state index contributed by atoms with van der Waals surface area (Å²) < 4.78 is 7.67. The Morgan fingerprint density at radius 3 is 2.59 bits per heavy atom. The van der Waals surface area contributed by atoms with Crippen LogP contribution in [0.4, 0.5) is 0 Å². The van der Waals surface area contributed by atoms with Crippen molar-refractivity contribution in [2.75, 3.05) is 6.61 Å². The monoisotopic (exact) mass is 227 g/mol. The molecule has 17 heavy (non-hydrogen) atoms. The quantitative estimate of drug-likeness (QED) is 0.772. The third kappa shape index (κ3) is 2.41. The highest BCUT2D eigenvalue weighted by Crippen LogP contribution is 2.27. The number of aromatic nitrogens is 1. The summed E-state index contributed by atoms with van der Waals surface area (Å²) in [7, 11) is 0. The molecule has 1 aromatic carbocycles. The summed E-state index contributed by atoms with van der Waals surface area (Å²) in [6, 6.07) is 10.2. The van der Waals surface area contributed by atoms with Crippen LogP contribution in [0.2, 0.25) is 0 Å². The van der Waals surface area contributed by atoms with Gasteiger partial charge < -0.3 is 9.30 Å². The SMILES string of the molecule is C=C(C)c1cc(-n2cccc2)ccc1OCC. The molecule has 0 N–H and O–H groups in total. The molecule has 0 fully saturated rings. The number of nitrogens with zero attached hydrogens (tertiary/aromatic N) is 1. The van der Waals surface area contributed by atoms with Crippen LogP contribution in [-0.4, -0.2) is 11.2 Å². The van der Waals surface area contributed by atoms with E-state index in [1.807, 2.05) is 44.4 Å². The van der Waals surface area contributed by atoms with E-state index in [2.05, 4.69) is 23.3 Å². The zero-order valence-electron chi connectivity index (χ0n) is 10.3. The Bertz CT molecular complexity index is 512. The summed E-state index contributed by atoms with van der Waals surface area (Å²) in [5.41, 5.74) is 3.21. The third-order valence-corrected chi connectivity index (χ3v) is 2.63. The maximum absolute atomic E-state index is 5.60. The first-order valence-corrected chi connectivity index (χ1v) is 5.78. The summed E-state index contributed by atoms with van der Waals surface area (Å²) >= 11 is 0. The van der Waals surface area contributed by atoms with Crippen LogP contribution in [0.25, 0.3) is 11.3 Å². The van der Waals surface area contributed by atoms with Gasteiger partial charge in [-0.05, 0) is 49.8 Å². The lowest BCUT2D eigenvalue weighted by molar-refractivity contribution is 0.339. The van der Waals surface area contributed by atoms with Crippen LogP contribution < -0.4 is 4.74 Å². The van der Waals surface area contributed by atoms with Gasteiger partial charge in [-0.1, -0.05) is 6.58 Å². The summed E-state index contributed by atoms with van der Waals surface area (Å²) in [4.78, 5) is 0. The first-order chi connectivity index (χ1) is 8.22. The predicted octanol–water partition coefficient (Wildman–Crippen LogP) is 3.91. The lowest BCUT2D eigenvalue weighted by Gasteiger charge is -2.12. The van der Waals surface area contributed by atoms with Crippen molar-refractivity contribution in [3.05, 3.63) is 54.9 Å². The van der Waals surface area contributed by atoms with E-state index < -0.39 is 0 Å². The summed E-state index contributed by atoms with van der Waals surface area (Å²) in [6.07, 6.45) is 4.05. The maximum Gasteiger partial charge on any atom is 0.126 e. The number of hydrogen-bond donors (Lipinski definition) is 0. The van der Waals surface area contributed by atoms with Gasteiger partial charge in [0.1, 0.15) is 5.75 Å². The Labute approximate surface area is 102 Å². The van der Waals surface area contributed by atoms with Crippen LogP contribution in [0.15, 0.2) is 49.3 Å². The molecule has 1 heterocycles. The van der Waals surface area contributed by atoms with E-state index in [0.29, 0.717) is 6.61 Å². The van der Waals surface area contributed by atoms with Gasteiger partial charge in [-0.3, -0.25) is 0 Å². The second-order valence-corrected chi connectivity index (χ2v) is 3.98. The molecule has 0 aliphatic heterocycles. The molecule has 2 nitrogen and oxygen atoms in total. The van der Waals surface area contributed by atoms with Crippen LogP contribution in [0.5, 0.6) is 5.75 Å². The molecule has 1 aromatic heterocycles. The Morgan fingerprint density at radius 1 is 1.29 bits per heavy atom. The number of ether oxygens (including phenoxy) is 1. The molecule has 0 radical (unpaired) electrons. The van der Waals surface area contributed by atoms with E-state index in [-0.39, 0.29) is 0 Å². The Kier molecular flexibility index (Phi) is 3.33. The summed E-state index contributed by atoms with van der Waals surface area (Å²) in [5.74, 6) is 0.899. The average Bonchev–Trinajstić information content (AvgIpc) is 2.83. The summed E-state index contributed by atoms with van der Waals surface area (Å²) in [5, 5.41) is 0. The normalized spacial score (nSPS) is 10.2. The Hall–Kier alpha value is -1.96. The molecular formula is C15H17NO. The van der Waals surface area contributed by atoms with E-state index in [0.717, 1.165) is 22.6 Å². The lowest BCUT2D eigenvalue weighted by Crippen LogP contribution is -1.97. The van der Waals surface area contributed by atoms with E-state index in [1.165, 1.54) is 0 Å². The number of rotatable bonds is 4. The topological polar surface area (TPSA) is 14.2 Å². The lowest BCUT2D eigenvalue weighted by atomic mass is 10.1. The predicted molar refractivity (Wildman–Crippen MR) is 71.6 cm³/mol. The van der Waals surface area contributed by atoms with E-state index in [4.69, 9.17) is 4.74 Å². The standard InChI is InChI=1S/C15H17NO/c1-4-17-15-8-7-13(11-14(15)12(2)3)16-9-5-6-10-16/h5-11H,2,4H2,1,3H3. The van der Waals surface area contributed by atoms with Crippen LogP contribution in [0, 0.1) is 0 Å². The molecule has 2 heteroatoms. The highest BCUT2D eigenvalue weighted by molar-refractivity contribution is 5.69. The second-order valence-electron chi connectivity index (χ2n) is 3.98. The van der Waals surface area contributed by atoms with Gasteiger partial charge in [0.2, 0.25) is 0 Å². The average molecular weight is 227 g/mol. The van der Waals surface area contributed by atoms with E-state index in [9.17, 15) is 0 Å². The van der Waals surface area contributed by atoms with Gasteiger partial charge in [0.05, 0.1) is 6.61 Å². The minimum absolute atomic E-state index is 0.670. The van der Waals surface area contributed by atoms with Gasteiger partial charge >= 0.3 is 0 Å². The zero-order valence-corrected chi connectivity index (χ0v) is 10.3. The third-order valence-electron chi connectivity index (χ3n) is 2.63. The smallest absolute Gasteiger partial charge is 0.126 e. The molecule has 0 aliphatic carbocycles. The fourth-order valence-corrected chi connectivity index (χ4v) is 1.80. The highest BCUT2D eigenvalue weighted by Gasteiger charge is 2.06. The first kappa shape index (κ1) is 11.5. The fraction of sp³-hybridized carbons (Fsp3) is 0.200. The van der Waals surface area contributed by atoms with Crippen molar-refractivity contribution < 1.29 is 4.74 Å². The van der Waals surface area contributed by atoms with Gasteiger partial charge in [-0.15, -0.1) is 0 Å². The van der Waals surface area contributed by atoms with Crippen LogP contribution in [-0.2, 0) is 0 Å². The zero-order chi connectivity index (χ0) is 12.3. The molecule has 0 amide bonds. The molecule has 0 saturated carbocycles. The van der Waals surface area contributed by atoms with Crippen molar-refractivity contribution in [3.63, 3.8) is 0 Å². The molecule has 0 saturated heterocycles. The van der Waals surface area contributed by atoms with Gasteiger partial charge in [-0.25, -0.2) is 0 Å². The van der Waals surface area contributed by atoms with E-state index in [1.54, 1.807) is 0 Å². The van der Waals surface area contributed by atoms with Crippen LogP contribution >= 0.6 is 0 Å². The van der Waals surface area contributed by atoms with Gasteiger partial charge in [0, 0.05) is 23.6 Å². The molecule has 88 valence electrons. The first-order valence-electron chi connectivity index (χ1n) is 5.78. The Morgan fingerprint density at radius 2 is 2.00 bits per heavy atom. The molecule has 0 atom stereocenters. The molecule has 2 rings (SSSR count). The van der Waals surface area contributed by atoms with Crippen molar-refractivity contribution in [1.82, 2.24) is 4.57 Å². The molecule has 0 unspecified atom stereocenters. The van der Waals surface area contributed by atoms with Crippen molar-refractivity contribution >= 4 is 5.57 Å². The molecule has 2 aromatic rings. The van der Waals surface area contributed by atoms with Crippen molar-refractivity contribution in [1.29, 1.82) is 0 Å².